The number of morpholine rings is 1. The van der Waals surface area contributed by atoms with E-state index in [4.69, 9.17) is 19.4 Å². The van der Waals surface area contributed by atoms with E-state index in [0.29, 0.717) is 5.92 Å². The fourth-order valence-electron chi connectivity index (χ4n) is 3.59. The minimum atomic E-state index is -5.08. The second-order valence-electron chi connectivity index (χ2n) is 6.55. The van der Waals surface area contributed by atoms with Gasteiger partial charge in [-0.05, 0) is 24.3 Å². The topological polar surface area (TPSA) is 59.0 Å². The zero-order valence-electron chi connectivity index (χ0n) is 14.6. The van der Waals surface area contributed by atoms with E-state index in [9.17, 15) is 13.2 Å². The highest BCUT2D eigenvalue weighted by atomic mass is 32.1. The maximum absolute atomic E-state index is 10.6. The summed E-state index contributed by atoms with van der Waals surface area (Å²) in [6.07, 6.45) is -1.36. The maximum Gasteiger partial charge on any atom is 0.490 e. The van der Waals surface area contributed by atoms with Gasteiger partial charge < -0.3 is 14.6 Å². The molecule has 148 valence electrons. The number of nitrogens with zero attached hydrogens (tertiary/aromatic N) is 1. The van der Waals surface area contributed by atoms with Gasteiger partial charge in [0, 0.05) is 37.5 Å². The number of halogens is 3. The van der Waals surface area contributed by atoms with Crippen molar-refractivity contribution in [2.75, 3.05) is 33.4 Å². The molecular formula is C17H24F3NO4S. The highest BCUT2D eigenvalue weighted by Crippen LogP contribution is 2.41. The number of hydrogen-bond acceptors (Lipinski definition) is 5. The molecule has 1 aliphatic carbocycles. The Hall–Kier alpha value is -1.16. The molecule has 5 nitrogen and oxygen atoms in total. The minimum absolute atomic E-state index is 0.0610. The number of alkyl halides is 3. The number of carboxylic acids is 1. The molecule has 0 radical (unpaired) electrons. The number of thiophene rings is 1. The molecule has 2 aliphatic rings. The summed E-state index contributed by atoms with van der Waals surface area (Å²) >= 11 is 1.85. The molecule has 1 saturated carbocycles. The third kappa shape index (κ3) is 5.67. The Morgan fingerprint density at radius 1 is 1.54 bits per heavy atom. The zero-order valence-corrected chi connectivity index (χ0v) is 15.4. The second kappa shape index (κ2) is 9.16. The van der Waals surface area contributed by atoms with Gasteiger partial charge in [0.05, 0.1) is 18.8 Å². The Morgan fingerprint density at radius 3 is 2.85 bits per heavy atom. The van der Waals surface area contributed by atoms with E-state index in [-0.39, 0.29) is 5.60 Å². The summed E-state index contributed by atoms with van der Waals surface area (Å²) < 4.78 is 43.4. The Bertz CT molecular complexity index is 567. The standard InChI is InChI=1S/C15H23NO2S.C2HF3O2/c1-17-11-13-4-2-6-15(13)12-16(7-8-18-15)10-14-5-3-9-19-14;3-2(4,5)1(6)7/h3,5,9,13H,2,4,6-8,10-12H2,1H3;(H,6,7)/t13-,15+;/m0./s1. The SMILES string of the molecule is COC[C@@H]1CCC[C@@]12CN(Cc1cccs1)CCO2.O=C(O)C(F)(F)F. The molecule has 2 fully saturated rings. The monoisotopic (exact) mass is 395 g/mol. The van der Waals surface area contributed by atoms with Crippen molar-refractivity contribution in [3.8, 4) is 0 Å². The van der Waals surface area contributed by atoms with E-state index < -0.39 is 12.1 Å². The molecule has 0 bridgehead atoms. The van der Waals surface area contributed by atoms with Crippen molar-refractivity contribution in [3.05, 3.63) is 22.4 Å². The Morgan fingerprint density at radius 2 is 2.27 bits per heavy atom. The summed E-state index contributed by atoms with van der Waals surface area (Å²) in [5, 5.41) is 9.29. The Labute approximate surface area is 154 Å². The molecule has 1 saturated heterocycles. The molecule has 1 spiro atoms. The molecular weight excluding hydrogens is 371 g/mol. The summed E-state index contributed by atoms with van der Waals surface area (Å²) in [7, 11) is 1.80. The van der Waals surface area contributed by atoms with Crippen LogP contribution < -0.4 is 0 Å². The smallest absolute Gasteiger partial charge is 0.475 e. The fraction of sp³-hybridized carbons (Fsp3) is 0.706. The first-order chi connectivity index (χ1) is 12.3. The van der Waals surface area contributed by atoms with Crippen LogP contribution >= 0.6 is 11.3 Å². The first-order valence-electron chi connectivity index (χ1n) is 8.44. The number of rotatable bonds is 4. The summed E-state index contributed by atoms with van der Waals surface area (Å²) in [5.74, 6) is -2.18. The van der Waals surface area contributed by atoms with Crippen LogP contribution in [0.25, 0.3) is 0 Å². The van der Waals surface area contributed by atoms with E-state index in [1.54, 1.807) is 7.11 Å². The van der Waals surface area contributed by atoms with Crippen LogP contribution in [0.4, 0.5) is 13.2 Å². The number of carbonyl (C=O) groups is 1. The normalized spacial score (nSPS) is 26.5. The van der Waals surface area contributed by atoms with Crippen molar-refractivity contribution < 1.29 is 32.5 Å². The summed E-state index contributed by atoms with van der Waals surface area (Å²) in [4.78, 5) is 12.9. The lowest BCUT2D eigenvalue weighted by Crippen LogP contribution is -2.54. The first-order valence-corrected chi connectivity index (χ1v) is 9.32. The number of carboxylic acid groups (broad SMARTS) is 1. The molecule has 0 aromatic carbocycles. The third-order valence-electron chi connectivity index (χ3n) is 4.75. The van der Waals surface area contributed by atoms with Crippen molar-refractivity contribution >= 4 is 17.3 Å². The van der Waals surface area contributed by atoms with Crippen molar-refractivity contribution in [2.45, 2.75) is 37.6 Å². The fourth-order valence-corrected chi connectivity index (χ4v) is 4.33. The van der Waals surface area contributed by atoms with Gasteiger partial charge in [-0.1, -0.05) is 12.5 Å². The van der Waals surface area contributed by atoms with Gasteiger partial charge in [-0.15, -0.1) is 11.3 Å². The Balaban J connectivity index is 0.000000298. The third-order valence-corrected chi connectivity index (χ3v) is 5.62. The summed E-state index contributed by atoms with van der Waals surface area (Å²) in [5.41, 5.74) is 0.0610. The number of ether oxygens (including phenoxy) is 2. The van der Waals surface area contributed by atoms with E-state index >= 15 is 0 Å². The number of methoxy groups -OCH3 is 1. The summed E-state index contributed by atoms with van der Waals surface area (Å²) in [6.45, 7) is 4.90. The van der Waals surface area contributed by atoms with Gasteiger partial charge in [-0.25, -0.2) is 4.79 Å². The van der Waals surface area contributed by atoms with E-state index in [2.05, 4.69) is 22.4 Å². The average Bonchev–Trinajstić information content (AvgIpc) is 3.19. The van der Waals surface area contributed by atoms with Crippen LogP contribution in [0.3, 0.4) is 0 Å². The molecule has 26 heavy (non-hydrogen) atoms. The van der Waals surface area contributed by atoms with Crippen LogP contribution in [0, 0.1) is 5.92 Å². The van der Waals surface area contributed by atoms with Gasteiger partial charge in [-0.2, -0.15) is 13.2 Å². The highest BCUT2D eigenvalue weighted by molar-refractivity contribution is 7.09. The molecule has 0 amide bonds. The van der Waals surface area contributed by atoms with Crippen LogP contribution in [0.1, 0.15) is 24.1 Å². The van der Waals surface area contributed by atoms with Crippen LogP contribution in [0.2, 0.25) is 0 Å². The average molecular weight is 395 g/mol. The van der Waals surface area contributed by atoms with E-state index in [1.165, 1.54) is 24.1 Å². The van der Waals surface area contributed by atoms with Crippen molar-refractivity contribution in [1.82, 2.24) is 4.90 Å². The van der Waals surface area contributed by atoms with Gasteiger partial charge in [0.2, 0.25) is 0 Å². The van der Waals surface area contributed by atoms with Gasteiger partial charge in [0.1, 0.15) is 0 Å². The zero-order chi connectivity index (χ0) is 19.2. The molecule has 2 heterocycles. The molecule has 1 N–H and O–H groups in total. The van der Waals surface area contributed by atoms with Gasteiger partial charge in [0.25, 0.3) is 0 Å². The Kier molecular flexibility index (Phi) is 7.45. The maximum atomic E-state index is 10.6. The lowest BCUT2D eigenvalue weighted by molar-refractivity contribution is -0.192. The largest absolute Gasteiger partial charge is 0.490 e. The van der Waals surface area contributed by atoms with Crippen molar-refractivity contribution in [2.24, 2.45) is 5.92 Å². The predicted molar refractivity (Wildman–Crippen MR) is 91.2 cm³/mol. The van der Waals surface area contributed by atoms with E-state index in [0.717, 1.165) is 32.8 Å². The van der Waals surface area contributed by atoms with Crippen LogP contribution in [0.15, 0.2) is 17.5 Å². The van der Waals surface area contributed by atoms with Gasteiger partial charge in [-0.3, -0.25) is 4.90 Å². The molecule has 2 atom stereocenters. The van der Waals surface area contributed by atoms with Crippen molar-refractivity contribution in [3.63, 3.8) is 0 Å². The second-order valence-corrected chi connectivity index (χ2v) is 7.58. The lowest BCUT2D eigenvalue weighted by Gasteiger charge is -2.44. The molecule has 9 heteroatoms. The predicted octanol–water partition coefficient (Wildman–Crippen LogP) is 3.40. The first kappa shape index (κ1) is 21.1. The highest BCUT2D eigenvalue weighted by Gasteiger charge is 2.46. The van der Waals surface area contributed by atoms with Gasteiger partial charge in [0.15, 0.2) is 0 Å². The minimum Gasteiger partial charge on any atom is -0.475 e. The van der Waals surface area contributed by atoms with Crippen LogP contribution in [-0.4, -0.2) is 61.2 Å². The van der Waals surface area contributed by atoms with Crippen molar-refractivity contribution in [1.29, 1.82) is 0 Å². The molecule has 1 aromatic rings. The molecule has 3 rings (SSSR count). The lowest BCUT2D eigenvalue weighted by atomic mass is 9.89. The summed E-state index contributed by atoms with van der Waals surface area (Å²) in [6, 6.07) is 4.37. The molecule has 0 unspecified atom stereocenters. The van der Waals surface area contributed by atoms with Gasteiger partial charge >= 0.3 is 12.1 Å². The van der Waals surface area contributed by atoms with Crippen LogP contribution in [-0.2, 0) is 20.8 Å². The molecule has 1 aliphatic heterocycles. The van der Waals surface area contributed by atoms with E-state index in [1.807, 2.05) is 11.3 Å². The number of hydrogen-bond donors (Lipinski definition) is 1. The molecule has 1 aromatic heterocycles. The quantitative estimate of drug-likeness (QED) is 0.847. The number of aliphatic carboxylic acids is 1. The van der Waals surface area contributed by atoms with Crippen LogP contribution in [0.5, 0.6) is 0 Å².